The number of aliphatic carboxylic acids is 1. The molecule has 20 heavy (non-hydrogen) atoms. The second-order valence-corrected chi connectivity index (χ2v) is 6.27. The van der Waals surface area contributed by atoms with E-state index >= 15 is 0 Å². The van der Waals surface area contributed by atoms with Crippen LogP contribution in [0.2, 0.25) is 0 Å². The number of likely N-dealkylation sites (tertiary alicyclic amines) is 1. The van der Waals surface area contributed by atoms with Gasteiger partial charge in [-0.15, -0.1) is 0 Å². The molecule has 0 saturated carbocycles. The highest BCUT2D eigenvalue weighted by molar-refractivity contribution is 5.82. The number of hydrogen-bond acceptors (Lipinski definition) is 3. The molecule has 0 spiro atoms. The molecule has 1 fully saturated rings. The molecule has 1 saturated heterocycles. The summed E-state index contributed by atoms with van der Waals surface area (Å²) in [6.45, 7) is 7.87. The minimum Gasteiger partial charge on any atom is -0.480 e. The quantitative estimate of drug-likeness (QED) is 0.707. The minimum absolute atomic E-state index is 0.111. The first-order chi connectivity index (χ1) is 9.29. The van der Waals surface area contributed by atoms with E-state index in [0.717, 1.165) is 19.5 Å². The molecule has 0 aromatic rings. The zero-order valence-electron chi connectivity index (χ0n) is 12.8. The number of hydrogen-bond donors (Lipinski definition) is 3. The Morgan fingerprint density at radius 1 is 1.40 bits per heavy atom. The number of carbonyl (C=O) groups is 2. The van der Waals surface area contributed by atoms with Crippen molar-refractivity contribution in [1.29, 1.82) is 0 Å². The molecular formula is C14H27N3O3. The topological polar surface area (TPSA) is 81.7 Å². The first-order valence-electron chi connectivity index (χ1n) is 7.28. The van der Waals surface area contributed by atoms with E-state index in [1.807, 2.05) is 13.8 Å². The summed E-state index contributed by atoms with van der Waals surface area (Å²) in [5.41, 5.74) is 0. The van der Waals surface area contributed by atoms with E-state index in [-0.39, 0.29) is 18.0 Å². The molecule has 2 unspecified atom stereocenters. The van der Waals surface area contributed by atoms with Crippen LogP contribution in [0.4, 0.5) is 4.79 Å². The SMILES string of the molecule is CC(C)C[C@H](NC(=O)NC1CCN(C)CC1C)C(=O)O. The van der Waals surface area contributed by atoms with Crippen molar-refractivity contribution < 1.29 is 14.7 Å². The summed E-state index contributed by atoms with van der Waals surface area (Å²) >= 11 is 0. The molecule has 6 heteroatoms. The lowest BCUT2D eigenvalue weighted by atomic mass is 9.94. The first kappa shape index (κ1) is 16.8. The first-order valence-corrected chi connectivity index (χ1v) is 7.28. The molecule has 0 bridgehead atoms. The second kappa shape index (κ2) is 7.47. The summed E-state index contributed by atoms with van der Waals surface area (Å²) in [5.74, 6) is -0.392. The van der Waals surface area contributed by atoms with Crippen LogP contribution in [0.15, 0.2) is 0 Å². The van der Waals surface area contributed by atoms with Crippen LogP contribution in [0.1, 0.15) is 33.6 Å². The Kier molecular flexibility index (Phi) is 6.26. The molecule has 3 atom stereocenters. The van der Waals surface area contributed by atoms with Crippen LogP contribution in [-0.4, -0.2) is 54.2 Å². The molecule has 0 aromatic carbocycles. The van der Waals surface area contributed by atoms with Gasteiger partial charge in [0, 0.05) is 12.6 Å². The second-order valence-electron chi connectivity index (χ2n) is 6.27. The van der Waals surface area contributed by atoms with E-state index in [4.69, 9.17) is 5.11 Å². The van der Waals surface area contributed by atoms with Gasteiger partial charge in [-0.3, -0.25) is 0 Å². The normalized spacial score (nSPS) is 25.2. The smallest absolute Gasteiger partial charge is 0.326 e. The Bertz CT molecular complexity index is 347. The molecule has 1 aliphatic heterocycles. The molecule has 1 rings (SSSR count). The summed E-state index contributed by atoms with van der Waals surface area (Å²) in [4.78, 5) is 25.3. The van der Waals surface area contributed by atoms with E-state index in [1.54, 1.807) is 0 Å². The lowest BCUT2D eigenvalue weighted by Crippen LogP contribution is -2.54. The van der Waals surface area contributed by atoms with Gasteiger partial charge in [0.1, 0.15) is 6.04 Å². The Balaban J connectivity index is 2.47. The molecule has 116 valence electrons. The molecule has 1 heterocycles. The predicted molar refractivity (Wildman–Crippen MR) is 77.6 cm³/mol. The van der Waals surface area contributed by atoms with E-state index in [2.05, 4.69) is 29.5 Å². The predicted octanol–water partition coefficient (Wildman–Crippen LogP) is 1.13. The van der Waals surface area contributed by atoms with Crippen molar-refractivity contribution in [3.05, 3.63) is 0 Å². The number of carbonyl (C=O) groups excluding carboxylic acids is 1. The molecular weight excluding hydrogens is 258 g/mol. The number of urea groups is 1. The molecule has 0 aromatic heterocycles. The molecule has 0 aliphatic carbocycles. The van der Waals surface area contributed by atoms with Gasteiger partial charge in [0.05, 0.1) is 0 Å². The zero-order chi connectivity index (χ0) is 15.3. The molecule has 6 nitrogen and oxygen atoms in total. The van der Waals surface area contributed by atoms with Crippen molar-refractivity contribution in [3.8, 4) is 0 Å². The fourth-order valence-corrected chi connectivity index (χ4v) is 2.63. The lowest BCUT2D eigenvalue weighted by Gasteiger charge is -2.35. The van der Waals surface area contributed by atoms with Gasteiger partial charge in [-0.2, -0.15) is 0 Å². The van der Waals surface area contributed by atoms with E-state index in [9.17, 15) is 9.59 Å². The van der Waals surface area contributed by atoms with Gasteiger partial charge in [-0.05, 0) is 38.3 Å². The highest BCUT2D eigenvalue weighted by atomic mass is 16.4. The fraction of sp³-hybridized carbons (Fsp3) is 0.857. The van der Waals surface area contributed by atoms with Crippen molar-refractivity contribution in [1.82, 2.24) is 15.5 Å². The summed E-state index contributed by atoms with van der Waals surface area (Å²) in [7, 11) is 2.07. The highest BCUT2D eigenvalue weighted by Crippen LogP contribution is 2.15. The van der Waals surface area contributed by atoms with Crippen LogP contribution in [0.25, 0.3) is 0 Å². The Morgan fingerprint density at radius 3 is 2.55 bits per heavy atom. The maximum absolute atomic E-state index is 11.9. The van der Waals surface area contributed by atoms with Crippen molar-refractivity contribution in [2.24, 2.45) is 11.8 Å². The van der Waals surface area contributed by atoms with Crippen LogP contribution in [0.3, 0.4) is 0 Å². The number of nitrogens with one attached hydrogen (secondary N) is 2. The highest BCUT2D eigenvalue weighted by Gasteiger charge is 2.27. The number of nitrogens with zero attached hydrogens (tertiary/aromatic N) is 1. The third-order valence-corrected chi connectivity index (χ3v) is 3.74. The van der Waals surface area contributed by atoms with Gasteiger partial charge in [-0.25, -0.2) is 9.59 Å². The maximum Gasteiger partial charge on any atom is 0.326 e. The molecule has 0 radical (unpaired) electrons. The van der Waals surface area contributed by atoms with Crippen LogP contribution < -0.4 is 10.6 Å². The summed E-state index contributed by atoms with van der Waals surface area (Å²) in [5, 5.41) is 14.6. The van der Waals surface area contributed by atoms with Crippen molar-refractivity contribution >= 4 is 12.0 Å². The zero-order valence-corrected chi connectivity index (χ0v) is 12.8. The largest absolute Gasteiger partial charge is 0.480 e. The van der Waals surface area contributed by atoms with Gasteiger partial charge in [0.25, 0.3) is 0 Å². The molecule has 2 amide bonds. The number of carboxylic acid groups (broad SMARTS) is 1. The Hall–Kier alpha value is -1.30. The lowest BCUT2D eigenvalue weighted by molar-refractivity contribution is -0.139. The summed E-state index contributed by atoms with van der Waals surface area (Å²) in [6, 6.07) is -1.09. The third kappa shape index (κ3) is 5.36. The van der Waals surface area contributed by atoms with Crippen LogP contribution >= 0.6 is 0 Å². The van der Waals surface area contributed by atoms with Crippen molar-refractivity contribution in [3.63, 3.8) is 0 Å². The maximum atomic E-state index is 11.9. The van der Waals surface area contributed by atoms with Gasteiger partial charge < -0.3 is 20.6 Å². The van der Waals surface area contributed by atoms with Crippen LogP contribution in [0.5, 0.6) is 0 Å². The van der Waals surface area contributed by atoms with E-state index in [1.165, 1.54) is 0 Å². The van der Waals surface area contributed by atoms with Gasteiger partial charge in [0.15, 0.2) is 0 Å². The number of amides is 2. The van der Waals surface area contributed by atoms with Crippen molar-refractivity contribution in [2.75, 3.05) is 20.1 Å². The third-order valence-electron chi connectivity index (χ3n) is 3.74. The average molecular weight is 285 g/mol. The van der Waals surface area contributed by atoms with E-state index < -0.39 is 12.0 Å². The average Bonchev–Trinajstić information content (AvgIpc) is 2.31. The van der Waals surface area contributed by atoms with Gasteiger partial charge in [-0.1, -0.05) is 20.8 Å². The minimum atomic E-state index is -0.981. The van der Waals surface area contributed by atoms with Gasteiger partial charge >= 0.3 is 12.0 Å². The Morgan fingerprint density at radius 2 is 2.05 bits per heavy atom. The van der Waals surface area contributed by atoms with Crippen LogP contribution in [0, 0.1) is 11.8 Å². The van der Waals surface area contributed by atoms with Gasteiger partial charge in [0.2, 0.25) is 0 Å². The fourth-order valence-electron chi connectivity index (χ4n) is 2.63. The monoisotopic (exact) mass is 285 g/mol. The molecule has 1 aliphatic rings. The number of piperidine rings is 1. The van der Waals surface area contributed by atoms with Crippen molar-refractivity contribution in [2.45, 2.75) is 45.7 Å². The number of carboxylic acids is 1. The summed E-state index contributed by atoms with van der Waals surface area (Å²) in [6.07, 6.45) is 1.33. The standard InChI is InChI=1S/C14H27N3O3/c1-9(2)7-12(13(18)19)16-14(20)15-11-5-6-17(4)8-10(11)3/h9-12H,5-8H2,1-4H3,(H,18,19)(H2,15,16,20)/t10?,11?,12-/m0/s1. The Labute approximate surface area is 120 Å². The van der Waals surface area contributed by atoms with E-state index in [0.29, 0.717) is 12.3 Å². The summed E-state index contributed by atoms with van der Waals surface area (Å²) < 4.78 is 0. The molecule has 3 N–H and O–H groups in total. The van der Waals surface area contributed by atoms with Crippen LogP contribution in [-0.2, 0) is 4.79 Å². The number of rotatable bonds is 5.